The summed E-state index contributed by atoms with van der Waals surface area (Å²) in [6.07, 6.45) is 7.27. The average molecular weight is 393 g/mol. The summed E-state index contributed by atoms with van der Waals surface area (Å²) < 4.78 is 5.28. The van der Waals surface area contributed by atoms with Crippen LogP contribution in [0.3, 0.4) is 0 Å². The molecule has 0 heterocycles. The first kappa shape index (κ1) is 23.2. The number of thioether (sulfide) groups is 1. The number of hydrogen-bond donors (Lipinski definition) is 1. The van der Waals surface area contributed by atoms with Crippen LogP contribution in [0, 0.1) is 0 Å². The van der Waals surface area contributed by atoms with Crippen LogP contribution in [0.2, 0.25) is 0 Å². The summed E-state index contributed by atoms with van der Waals surface area (Å²) in [7, 11) is 1.58. The molecule has 0 spiro atoms. The molecule has 6 heteroatoms. The Balaban J connectivity index is 2.14. The van der Waals surface area contributed by atoms with Crippen LogP contribution < -0.4 is 5.32 Å². The number of rotatable bonds is 15. The Morgan fingerprint density at radius 2 is 2.07 bits per heavy atom. The van der Waals surface area contributed by atoms with Gasteiger partial charge < -0.3 is 15.0 Å². The Labute approximate surface area is 167 Å². The fourth-order valence-electron chi connectivity index (χ4n) is 2.57. The third kappa shape index (κ3) is 10.8. The number of hydrogen-bond acceptors (Lipinski definition) is 4. The van der Waals surface area contributed by atoms with Crippen molar-refractivity contribution in [3.05, 3.63) is 48.0 Å². The van der Waals surface area contributed by atoms with Crippen molar-refractivity contribution in [1.82, 2.24) is 10.2 Å². The zero-order valence-electron chi connectivity index (χ0n) is 16.4. The first-order valence-electron chi connectivity index (χ1n) is 9.44. The van der Waals surface area contributed by atoms with Crippen LogP contribution in [0.15, 0.2) is 42.5 Å². The third-order valence-electron chi connectivity index (χ3n) is 4.10. The fraction of sp³-hybridized carbons (Fsp3) is 0.524. The van der Waals surface area contributed by atoms with E-state index in [2.05, 4.69) is 11.4 Å². The van der Waals surface area contributed by atoms with E-state index in [1.165, 1.54) is 0 Å². The lowest BCUT2D eigenvalue weighted by Crippen LogP contribution is -2.37. The Kier molecular flexibility index (Phi) is 13.2. The maximum absolute atomic E-state index is 12.1. The summed E-state index contributed by atoms with van der Waals surface area (Å²) in [5.74, 6) is 1.62. The summed E-state index contributed by atoms with van der Waals surface area (Å²) >= 11 is 1.73. The predicted molar refractivity (Wildman–Crippen MR) is 113 cm³/mol. The van der Waals surface area contributed by atoms with E-state index >= 15 is 0 Å². The van der Waals surface area contributed by atoms with E-state index in [4.69, 9.17) is 4.74 Å². The zero-order valence-corrected chi connectivity index (χ0v) is 17.2. The monoisotopic (exact) mass is 392 g/mol. The molecule has 0 radical (unpaired) electrons. The van der Waals surface area contributed by atoms with Gasteiger partial charge in [-0.2, -0.15) is 11.8 Å². The Hall–Kier alpha value is -1.79. The number of benzene rings is 1. The first-order chi connectivity index (χ1) is 13.2. The van der Waals surface area contributed by atoms with Crippen LogP contribution >= 0.6 is 11.8 Å². The molecule has 1 aromatic carbocycles. The van der Waals surface area contributed by atoms with Gasteiger partial charge in [0.1, 0.15) is 6.10 Å². The van der Waals surface area contributed by atoms with Gasteiger partial charge >= 0.3 is 0 Å². The lowest BCUT2D eigenvalue weighted by atomic mass is 10.1. The molecule has 150 valence electrons. The quantitative estimate of drug-likeness (QED) is 0.283. The molecule has 0 aliphatic rings. The van der Waals surface area contributed by atoms with Crippen molar-refractivity contribution in [3.8, 4) is 0 Å². The van der Waals surface area contributed by atoms with Crippen LogP contribution in [0.4, 0.5) is 0 Å². The molecule has 1 aromatic rings. The normalized spacial score (nSPS) is 12.1. The molecule has 27 heavy (non-hydrogen) atoms. The van der Waals surface area contributed by atoms with E-state index in [1.54, 1.807) is 23.8 Å². The maximum atomic E-state index is 12.1. The van der Waals surface area contributed by atoms with Gasteiger partial charge in [-0.05, 0) is 31.7 Å². The molecule has 5 nitrogen and oxygen atoms in total. The van der Waals surface area contributed by atoms with Crippen LogP contribution in [0.25, 0.3) is 0 Å². The van der Waals surface area contributed by atoms with Crippen molar-refractivity contribution in [2.45, 2.75) is 38.8 Å². The van der Waals surface area contributed by atoms with Crippen LogP contribution in [-0.4, -0.2) is 55.0 Å². The highest BCUT2D eigenvalue weighted by Gasteiger charge is 2.16. The standard InChI is InChI=1S/C21H32N2O3S/c1-3-4-5-9-12-20(26-2)21(25)22-13-15-27-16-14-23(18-24)17-19-10-7-6-8-11-19/h3-4,6-8,10-11,18,20H,5,9,12-17H2,1-2H3,(H,22,25)/b4-3+. The number of amides is 2. The summed E-state index contributed by atoms with van der Waals surface area (Å²) in [6, 6.07) is 9.95. The number of unbranched alkanes of at least 4 members (excludes halogenated alkanes) is 1. The number of allylic oxidation sites excluding steroid dienone is 2. The highest BCUT2D eigenvalue weighted by Crippen LogP contribution is 2.07. The van der Waals surface area contributed by atoms with E-state index in [9.17, 15) is 9.59 Å². The molecule has 0 saturated carbocycles. The summed E-state index contributed by atoms with van der Waals surface area (Å²) in [6.45, 7) is 3.93. The number of carbonyl (C=O) groups excluding carboxylic acids is 2. The minimum absolute atomic E-state index is 0.0443. The predicted octanol–water partition coefficient (Wildman–Crippen LogP) is 3.26. The number of methoxy groups -OCH3 is 1. The fourth-order valence-corrected chi connectivity index (χ4v) is 3.39. The minimum atomic E-state index is -0.378. The summed E-state index contributed by atoms with van der Waals surface area (Å²) in [4.78, 5) is 25.1. The van der Waals surface area contributed by atoms with Gasteiger partial charge in [0.25, 0.3) is 0 Å². The molecular weight excluding hydrogens is 360 g/mol. The second kappa shape index (κ2) is 15.3. The SMILES string of the molecule is C/C=C/CCCC(OC)C(=O)NCCSCCN(C=O)Cc1ccccc1. The topological polar surface area (TPSA) is 58.6 Å². The molecule has 0 saturated heterocycles. The Morgan fingerprint density at radius 1 is 1.30 bits per heavy atom. The number of ether oxygens (including phenoxy) is 1. The van der Waals surface area contributed by atoms with Gasteiger partial charge in [0.2, 0.25) is 12.3 Å². The van der Waals surface area contributed by atoms with E-state index < -0.39 is 0 Å². The van der Waals surface area contributed by atoms with Crippen molar-refractivity contribution in [2.75, 3.05) is 31.7 Å². The minimum Gasteiger partial charge on any atom is -0.372 e. The molecule has 0 bridgehead atoms. The maximum Gasteiger partial charge on any atom is 0.249 e. The van der Waals surface area contributed by atoms with E-state index in [0.29, 0.717) is 19.6 Å². The van der Waals surface area contributed by atoms with Crippen molar-refractivity contribution in [3.63, 3.8) is 0 Å². The molecule has 0 aliphatic carbocycles. The van der Waals surface area contributed by atoms with E-state index in [1.807, 2.05) is 43.3 Å². The first-order valence-corrected chi connectivity index (χ1v) is 10.6. The molecular formula is C21H32N2O3S. The van der Waals surface area contributed by atoms with Crippen LogP contribution in [0.1, 0.15) is 31.7 Å². The molecule has 0 aromatic heterocycles. The van der Waals surface area contributed by atoms with Crippen LogP contribution in [-0.2, 0) is 20.9 Å². The second-order valence-electron chi connectivity index (χ2n) is 6.19. The van der Waals surface area contributed by atoms with Gasteiger partial charge in [0.15, 0.2) is 0 Å². The average Bonchev–Trinajstić information content (AvgIpc) is 2.70. The molecule has 1 rings (SSSR count). The molecule has 1 unspecified atom stereocenters. The molecule has 2 amide bonds. The summed E-state index contributed by atoms with van der Waals surface area (Å²) in [5.41, 5.74) is 1.13. The van der Waals surface area contributed by atoms with Crippen molar-refractivity contribution >= 4 is 24.1 Å². The Bertz CT molecular complexity index is 552. The van der Waals surface area contributed by atoms with Gasteiger partial charge in [-0.1, -0.05) is 42.5 Å². The van der Waals surface area contributed by atoms with Gasteiger partial charge in [-0.15, -0.1) is 0 Å². The van der Waals surface area contributed by atoms with Gasteiger partial charge in [-0.25, -0.2) is 0 Å². The van der Waals surface area contributed by atoms with Crippen molar-refractivity contribution < 1.29 is 14.3 Å². The van der Waals surface area contributed by atoms with E-state index in [-0.39, 0.29) is 12.0 Å². The Morgan fingerprint density at radius 3 is 2.74 bits per heavy atom. The lowest BCUT2D eigenvalue weighted by Gasteiger charge is -2.17. The molecule has 0 aliphatic heterocycles. The smallest absolute Gasteiger partial charge is 0.249 e. The van der Waals surface area contributed by atoms with Crippen LogP contribution in [0.5, 0.6) is 0 Å². The highest BCUT2D eigenvalue weighted by atomic mass is 32.2. The summed E-state index contributed by atoms with van der Waals surface area (Å²) in [5, 5.41) is 2.93. The lowest BCUT2D eigenvalue weighted by molar-refractivity contribution is -0.131. The third-order valence-corrected chi connectivity index (χ3v) is 5.06. The number of nitrogens with one attached hydrogen (secondary N) is 1. The van der Waals surface area contributed by atoms with Gasteiger partial charge in [0.05, 0.1) is 0 Å². The number of nitrogens with zero attached hydrogens (tertiary/aromatic N) is 1. The molecule has 1 atom stereocenters. The largest absolute Gasteiger partial charge is 0.372 e. The second-order valence-corrected chi connectivity index (χ2v) is 7.41. The van der Waals surface area contributed by atoms with E-state index in [0.717, 1.165) is 42.7 Å². The van der Waals surface area contributed by atoms with Gasteiger partial charge in [-0.3, -0.25) is 9.59 Å². The molecule has 1 N–H and O–H groups in total. The van der Waals surface area contributed by atoms with Gasteiger partial charge in [0, 0.05) is 38.2 Å². The number of carbonyl (C=O) groups is 2. The zero-order chi connectivity index (χ0) is 19.7. The highest BCUT2D eigenvalue weighted by molar-refractivity contribution is 7.99. The van der Waals surface area contributed by atoms with Crippen molar-refractivity contribution in [1.29, 1.82) is 0 Å². The molecule has 0 fully saturated rings. The van der Waals surface area contributed by atoms with Crippen molar-refractivity contribution in [2.24, 2.45) is 0 Å².